The van der Waals surface area contributed by atoms with Crippen LogP contribution in [-0.4, -0.2) is 27.7 Å². The first-order valence-electron chi connectivity index (χ1n) is 5.45. The van der Waals surface area contributed by atoms with E-state index in [0.717, 1.165) is 0 Å². The van der Waals surface area contributed by atoms with Gasteiger partial charge < -0.3 is 15.4 Å². The van der Waals surface area contributed by atoms with Crippen LogP contribution < -0.4 is 10.9 Å². The van der Waals surface area contributed by atoms with Gasteiger partial charge in [0, 0.05) is 6.54 Å². The summed E-state index contributed by atoms with van der Waals surface area (Å²) in [4.78, 5) is 17.8. The molecular formula is C11H18IN3O2. The van der Waals surface area contributed by atoms with Crippen molar-refractivity contribution in [1.29, 1.82) is 0 Å². The smallest absolute Gasteiger partial charge is 0.266 e. The largest absolute Gasteiger partial charge is 0.391 e. The van der Waals surface area contributed by atoms with E-state index in [1.165, 1.54) is 6.33 Å². The van der Waals surface area contributed by atoms with Crippen molar-refractivity contribution in [2.45, 2.75) is 33.3 Å². The van der Waals surface area contributed by atoms with Gasteiger partial charge in [-0.25, -0.2) is 4.98 Å². The van der Waals surface area contributed by atoms with Gasteiger partial charge in [-0.3, -0.25) is 4.79 Å². The number of hydrogen-bond donors (Lipinski definition) is 3. The van der Waals surface area contributed by atoms with E-state index in [2.05, 4.69) is 36.1 Å². The Morgan fingerprint density at radius 3 is 2.82 bits per heavy atom. The van der Waals surface area contributed by atoms with Gasteiger partial charge >= 0.3 is 0 Å². The maximum atomic E-state index is 11.3. The van der Waals surface area contributed by atoms with Crippen LogP contribution in [0.3, 0.4) is 0 Å². The van der Waals surface area contributed by atoms with Crippen molar-refractivity contribution < 1.29 is 5.11 Å². The normalized spacial score (nSPS) is 13.5. The third-order valence-electron chi connectivity index (χ3n) is 2.15. The Balaban J connectivity index is 2.56. The topological polar surface area (TPSA) is 78.0 Å². The zero-order chi connectivity index (χ0) is 13.1. The first-order valence-corrected chi connectivity index (χ1v) is 6.52. The quantitative estimate of drug-likeness (QED) is 0.720. The van der Waals surface area contributed by atoms with Gasteiger partial charge in [0.2, 0.25) is 0 Å². The number of H-pyrrole nitrogens is 1. The van der Waals surface area contributed by atoms with Crippen LogP contribution in [0.25, 0.3) is 0 Å². The minimum Gasteiger partial charge on any atom is -0.391 e. The van der Waals surface area contributed by atoms with E-state index in [0.29, 0.717) is 22.4 Å². The number of aliphatic hydroxyl groups is 1. The van der Waals surface area contributed by atoms with Gasteiger partial charge in [-0.15, -0.1) is 0 Å². The third-order valence-corrected chi connectivity index (χ3v) is 3.15. The molecule has 0 radical (unpaired) electrons. The Morgan fingerprint density at radius 2 is 2.24 bits per heavy atom. The van der Waals surface area contributed by atoms with Crippen LogP contribution in [0.4, 0.5) is 5.82 Å². The number of aromatic nitrogens is 2. The molecule has 0 aromatic carbocycles. The van der Waals surface area contributed by atoms with Crippen LogP contribution in [0.15, 0.2) is 11.1 Å². The maximum absolute atomic E-state index is 11.3. The summed E-state index contributed by atoms with van der Waals surface area (Å²) in [6, 6.07) is 0. The first kappa shape index (κ1) is 14.4. The second-order valence-electron chi connectivity index (χ2n) is 5.19. The second-order valence-corrected chi connectivity index (χ2v) is 6.27. The highest BCUT2D eigenvalue weighted by atomic mass is 127. The predicted octanol–water partition coefficient (Wildman–Crippen LogP) is 1.58. The molecule has 5 nitrogen and oxygen atoms in total. The highest BCUT2D eigenvalue weighted by Gasteiger charge is 2.17. The standard InChI is InChI=1S/C11H18IN3O2/c1-11(2,3)4-7(16)5-13-9-8(12)10(17)15-6-14-9/h6-7,16H,4-5H2,1-3H3,(H2,13,14,15,17). The molecule has 0 amide bonds. The summed E-state index contributed by atoms with van der Waals surface area (Å²) in [5.41, 5.74) is -0.0936. The van der Waals surface area contributed by atoms with E-state index < -0.39 is 6.10 Å². The molecule has 0 saturated heterocycles. The van der Waals surface area contributed by atoms with Gasteiger partial charge in [-0.05, 0) is 34.4 Å². The second kappa shape index (κ2) is 5.81. The molecule has 1 atom stereocenters. The van der Waals surface area contributed by atoms with Gasteiger partial charge in [-0.1, -0.05) is 20.8 Å². The SMILES string of the molecule is CC(C)(C)CC(O)CNc1nc[nH]c(=O)c1I. The molecule has 0 aliphatic carbocycles. The van der Waals surface area contributed by atoms with E-state index in [4.69, 9.17) is 0 Å². The van der Waals surface area contributed by atoms with Crippen LogP contribution in [0.2, 0.25) is 0 Å². The Hall–Kier alpha value is -0.630. The lowest BCUT2D eigenvalue weighted by molar-refractivity contribution is 0.132. The molecule has 0 bridgehead atoms. The van der Waals surface area contributed by atoms with Crippen LogP contribution in [0.1, 0.15) is 27.2 Å². The summed E-state index contributed by atoms with van der Waals surface area (Å²) in [7, 11) is 0. The number of nitrogens with one attached hydrogen (secondary N) is 2. The number of hydrogen-bond acceptors (Lipinski definition) is 4. The molecule has 1 rings (SSSR count). The van der Waals surface area contributed by atoms with Crippen LogP contribution in [-0.2, 0) is 0 Å². The molecule has 1 aromatic rings. The molecule has 6 heteroatoms. The van der Waals surface area contributed by atoms with Gasteiger partial charge in [0.05, 0.1) is 12.4 Å². The Morgan fingerprint density at radius 1 is 1.59 bits per heavy atom. The molecule has 0 saturated carbocycles. The Labute approximate surface area is 114 Å². The molecule has 1 heterocycles. The van der Waals surface area contributed by atoms with Crippen molar-refractivity contribution in [2.75, 3.05) is 11.9 Å². The van der Waals surface area contributed by atoms with Crippen molar-refractivity contribution in [3.63, 3.8) is 0 Å². The zero-order valence-corrected chi connectivity index (χ0v) is 12.4. The highest BCUT2D eigenvalue weighted by Crippen LogP contribution is 2.21. The van der Waals surface area contributed by atoms with E-state index in [9.17, 15) is 9.90 Å². The lowest BCUT2D eigenvalue weighted by atomic mass is 9.89. The molecule has 0 fully saturated rings. The highest BCUT2D eigenvalue weighted by molar-refractivity contribution is 14.1. The van der Waals surface area contributed by atoms with Gasteiger partial charge in [-0.2, -0.15) is 0 Å². The molecule has 1 aromatic heterocycles. The molecule has 0 spiro atoms. The van der Waals surface area contributed by atoms with E-state index in [1.807, 2.05) is 22.6 Å². The van der Waals surface area contributed by atoms with Gasteiger partial charge in [0.1, 0.15) is 9.39 Å². The van der Waals surface area contributed by atoms with Gasteiger partial charge in [0.25, 0.3) is 5.56 Å². The van der Waals surface area contributed by atoms with Crippen molar-refractivity contribution in [3.8, 4) is 0 Å². The average Bonchev–Trinajstić information content (AvgIpc) is 2.18. The molecule has 96 valence electrons. The third kappa shape index (κ3) is 5.03. The molecule has 17 heavy (non-hydrogen) atoms. The summed E-state index contributed by atoms with van der Waals surface area (Å²) in [5, 5.41) is 12.8. The molecule has 0 aliphatic rings. The minimum atomic E-state index is -0.452. The van der Waals surface area contributed by atoms with Crippen molar-refractivity contribution in [1.82, 2.24) is 9.97 Å². The van der Waals surface area contributed by atoms with Crippen LogP contribution >= 0.6 is 22.6 Å². The monoisotopic (exact) mass is 351 g/mol. The Bertz CT molecular complexity index is 425. The fourth-order valence-electron chi connectivity index (χ4n) is 1.50. The Kier molecular flexibility index (Phi) is 4.93. The summed E-state index contributed by atoms with van der Waals surface area (Å²) in [5.74, 6) is 0.516. The number of anilines is 1. The number of aliphatic hydroxyl groups excluding tert-OH is 1. The van der Waals surface area contributed by atoms with Crippen molar-refractivity contribution in [2.24, 2.45) is 5.41 Å². The number of aromatic amines is 1. The average molecular weight is 351 g/mol. The molecular weight excluding hydrogens is 333 g/mol. The fraction of sp³-hybridized carbons (Fsp3) is 0.636. The van der Waals surface area contributed by atoms with Crippen molar-refractivity contribution >= 4 is 28.4 Å². The van der Waals surface area contributed by atoms with E-state index >= 15 is 0 Å². The number of nitrogens with zero attached hydrogens (tertiary/aromatic N) is 1. The predicted molar refractivity (Wildman–Crippen MR) is 76.1 cm³/mol. The number of halogens is 1. The summed E-state index contributed by atoms with van der Waals surface area (Å²) in [6.07, 6.45) is 1.59. The first-order chi connectivity index (χ1) is 7.79. The minimum absolute atomic E-state index is 0.0792. The van der Waals surface area contributed by atoms with Crippen LogP contribution in [0.5, 0.6) is 0 Å². The van der Waals surface area contributed by atoms with E-state index in [-0.39, 0.29) is 11.0 Å². The summed E-state index contributed by atoms with van der Waals surface area (Å²) in [6.45, 7) is 6.62. The summed E-state index contributed by atoms with van der Waals surface area (Å²) < 4.78 is 0.507. The van der Waals surface area contributed by atoms with Crippen molar-refractivity contribution in [3.05, 3.63) is 20.3 Å². The molecule has 1 unspecified atom stereocenters. The van der Waals surface area contributed by atoms with E-state index in [1.54, 1.807) is 0 Å². The zero-order valence-electron chi connectivity index (χ0n) is 10.2. The maximum Gasteiger partial charge on any atom is 0.266 e. The lowest BCUT2D eigenvalue weighted by Crippen LogP contribution is -2.26. The number of rotatable bonds is 4. The molecule has 0 aliphatic heterocycles. The summed E-state index contributed by atoms with van der Waals surface area (Å²) >= 11 is 1.93. The fourth-order valence-corrected chi connectivity index (χ4v) is 1.99. The van der Waals surface area contributed by atoms with Crippen LogP contribution in [0, 0.1) is 8.99 Å². The molecule has 3 N–H and O–H groups in total. The lowest BCUT2D eigenvalue weighted by Gasteiger charge is -2.22. The van der Waals surface area contributed by atoms with Gasteiger partial charge in [0.15, 0.2) is 0 Å².